The van der Waals surface area contributed by atoms with Gasteiger partial charge in [0, 0.05) is 22.0 Å². The van der Waals surface area contributed by atoms with Crippen molar-refractivity contribution in [3.63, 3.8) is 0 Å². The van der Waals surface area contributed by atoms with Crippen LogP contribution in [0.1, 0.15) is 11.1 Å². The summed E-state index contributed by atoms with van der Waals surface area (Å²) in [6.07, 6.45) is 0.587. The SMILES string of the molecule is O=C1C(Sc2ccccc2)=C(c2ccc(Cl)cc2Cl)C(=O)N1CCc1ccccc1. The van der Waals surface area contributed by atoms with Gasteiger partial charge in [0.05, 0.1) is 15.5 Å². The topological polar surface area (TPSA) is 37.4 Å². The van der Waals surface area contributed by atoms with Gasteiger partial charge < -0.3 is 0 Å². The maximum atomic E-state index is 13.3. The summed E-state index contributed by atoms with van der Waals surface area (Å²) >= 11 is 13.7. The van der Waals surface area contributed by atoms with Crippen LogP contribution in [0.15, 0.2) is 88.7 Å². The molecule has 0 radical (unpaired) electrons. The van der Waals surface area contributed by atoms with E-state index in [0.717, 1.165) is 10.5 Å². The third-order valence-corrected chi connectivity index (χ3v) is 6.39. The fourth-order valence-corrected chi connectivity index (χ4v) is 4.80. The molecule has 2 amide bonds. The average Bonchev–Trinajstić information content (AvgIpc) is 2.98. The molecule has 0 spiro atoms. The van der Waals surface area contributed by atoms with Crippen LogP contribution in [0.3, 0.4) is 0 Å². The molecule has 0 fully saturated rings. The van der Waals surface area contributed by atoms with Gasteiger partial charge in [-0.05, 0) is 36.2 Å². The molecule has 1 aliphatic rings. The van der Waals surface area contributed by atoms with E-state index in [1.165, 1.54) is 16.7 Å². The van der Waals surface area contributed by atoms with Crippen molar-refractivity contribution in [2.45, 2.75) is 11.3 Å². The van der Waals surface area contributed by atoms with Crippen molar-refractivity contribution in [3.05, 3.63) is 105 Å². The largest absolute Gasteiger partial charge is 0.274 e. The maximum Gasteiger partial charge on any atom is 0.268 e. The summed E-state index contributed by atoms with van der Waals surface area (Å²) in [4.78, 5) is 29.1. The molecule has 0 saturated carbocycles. The van der Waals surface area contributed by atoms with E-state index in [1.54, 1.807) is 18.2 Å². The Hall–Kier alpha value is -2.53. The van der Waals surface area contributed by atoms with Crippen LogP contribution in [0.25, 0.3) is 5.57 Å². The summed E-state index contributed by atoms with van der Waals surface area (Å²) < 4.78 is 0. The van der Waals surface area contributed by atoms with Crippen LogP contribution in [-0.2, 0) is 16.0 Å². The third-order valence-electron chi connectivity index (χ3n) is 4.76. The Kier molecular flexibility index (Phi) is 6.28. The summed E-state index contributed by atoms with van der Waals surface area (Å²) in [5.74, 6) is -0.635. The second-order valence-electron chi connectivity index (χ2n) is 6.74. The summed E-state index contributed by atoms with van der Waals surface area (Å²) in [6, 6.07) is 24.2. The standard InChI is InChI=1S/C24H17Cl2NO2S/c25-17-11-12-19(20(26)15-17)21-22(30-18-9-5-2-6-10-18)24(29)27(23(21)28)14-13-16-7-3-1-4-8-16/h1-12,15H,13-14H2. The molecule has 150 valence electrons. The summed E-state index contributed by atoms with van der Waals surface area (Å²) in [7, 11) is 0. The second-order valence-corrected chi connectivity index (χ2v) is 8.67. The number of hydrogen-bond donors (Lipinski definition) is 0. The minimum atomic E-state index is -0.335. The monoisotopic (exact) mass is 453 g/mol. The van der Waals surface area contributed by atoms with Crippen molar-refractivity contribution in [1.29, 1.82) is 0 Å². The number of amides is 2. The lowest BCUT2D eigenvalue weighted by molar-refractivity contribution is -0.136. The normalized spacial score (nSPS) is 14.0. The molecular weight excluding hydrogens is 437 g/mol. The molecule has 1 heterocycles. The first kappa shape index (κ1) is 20.7. The maximum absolute atomic E-state index is 13.3. The van der Waals surface area contributed by atoms with Crippen LogP contribution in [-0.4, -0.2) is 23.3 Å². The van der Waals surface area contributed by atoms with E-state index >= 15 is 0 Å². The highest BCUT2D eigenvalue weighted by Crippen LogP contribution is 2.41. The number of carbonyl (C=O) groups excluding carboxylic acids is 2. The molecule has 1 aliphatic heterocycles. The summed E-state index contributed by atoms with van der Waals surface area (Å²) in [5, 5.41) is 0.814. The lowest BCUT2D eigenvalue weighted by Crippen LogP contribution is -2.33. The van der Waals surface area contributed by atoms with Crippen LogP contribution >= 0.6 is 35.0 Å². The molecule has 0 saturated heterocycles. The van der Waals surface area contributed by atoms with Gasteiger partial charge in [0.1, 0.15) is 0 Å². The van der Waals surface area contributed by atoms with Gasteiger partial charge in [0.25, 0.3) is 11.8 Å². The van der Waals surface area contributed by atoms with Crippen LogP contribution in [0.4, 0.5) is 0 Å². The number of carbonyl (C=O) groups is 2. The second kappa shape index (κ2) is 9.09. The van der Waals surface area contributed by atoms with Gasteiger partial charge in [-0.2, -0.15) is 0 Å². The van der Waals surface area contributed by atoms with Gasteiger partial charge in [-0.25, -0.2) is 0 Å². The van der Waals surface area contributed by atoms with Crippen molar-refractivity contribution in [1.82, 2.24) is 4.90 Å². The zero-order valence-corrected chi connectivity index (χ0v) is 18.2. The fraction of sp³-hybridized carbons (Fsp3) is 0.0833. The van der Waals surface area contributed by atoms with E-state index in [-0.39, 0.29) is 11.8 Å². The number of imide groups is 1. The minimum absolute atomic E-state index is 0.300. The number of benzene rings is 3. The Morgan fingerprint density at radius 2 is 1.47 bits per heavy atom. The third kappa shape index (κ3) is 4.31. The highest BCUT2D eigenvalue weighted by Gasteiger charge is 2.39. The Labute approximate surface area is 189 Å². The van der Waals surface area contributed by atoms with E-state index in [9.17, 15) is 9.59 Å². The van der Waals surface area contributed by atoms with Crippen molar-refractivity contribution >= 4 is 52.4 Å². The van der Waals surface area contributed by atoms with Crippen molar-refractivity contribution < 1.29 is 9.59 Å². The summed E-state index contributed by atoms with van der Waals surface area (Å²) in [5.41, 5.74) is 1.90. The van der Waals surface area contributed by atoms with E-state index in [1.807, 2.05) is 60.7 Å². The molecule has 30 heavy (non-hydrogen) atoms. The molecule has 0 unspecified atom stereocenters. The first-order chi connectivity index (χ1) is 14.5. The first-order valence-electron chi connectivity index (χ1n) is 9.37. The molecule has 3 nitrogen and oxygen atoms in total. The molecule has 6 heteroatoms. The lowest BCUT2D eigenvalue weighted by Gasteiger charge is -2.15. The molecule has 0 aromatic heterocycles. The number of rotatable bonds is 6. The average molecular weight is 454 g/mol. The Balaban J connectivity index is 1.70. The van der Waals surface area contributed by atoms with Gasteiger partial charge >= 0.3 is 0 Å². The number of halogens is 2. The molecular formula is C24H17Cl2NO2S. The molecule has 0 aliphatic carbocycles. The molecule has 3 aromatic rings. The highest BCUT2D eigenvalue weighted by molar-refractivity contribution is 8.04. The number of hydrogen-bond acceptors (Lipinski definition) is 3. The predicted molar refractivity (Wildman–Crippen MR) is 123 cm³/mol. The number of thioether (sulfide) groups is 1. The van der Waals surface area contributed by atoms with Gasteiger partial charge in [-0.15, -0.1) is 0 Å². The zero-order valence-electron chi connectivity index (χ0n) is 15.8. The zero-order chi connectivity index (χ0) is 21.1. The van der Waals surface area contributed by atoms with E-state index in [0.29, 0.717) is 39.1 Å². The minimum Gasteiger partial charge on any atom is -0.274 e. The Morgan fingerprint density at radius 1 is 0.800 bits per heavy atom. The van der Waals surface area contributed by atoms with Crippen LogP contribution in [0, 0.1) is 0 Å². The predicted octanol–water partition coefficient (Wildman–Crippen LogP) is 6.11. The summed E-state index contributed by atoms with van der Waals surface area (Å²) in [6.45, 7) is 0.301. The quantitative estimate of drug-likeness (QED) is 0.422. The van der Waals surface area contributed by atoms with Crippen molar-refractivity contribution in [2.24, 2.45) is 0 Å². The molecule has 4 rings (SSSR count). The Morgan fingerprint density at radius 3 is 2.13 bits per heavy atom. The molecule has 0 bridgehead atoms. The highest BCUT2D eigenvalue weighted by atomic mass is 35.5. The van der Waals surface area contributed by atoms with Gasteiger partial charge in [0.2, 0.25) is 0 Å². The number of nitrogens with zero attached hydrogens (tertiary/aromatic N) is 1. The van der Waals surface area contributed by atoms with Crippen LogP contribution in [0.2, 0.25) is 10.0 Å². The first-order valence-corrected chi connectivity index (χ1v) is 10.9. The molecule has 3 aromatic carbocycles. The van der Waals surface area contributed by atoms with E-state index in [2.05, 4.69) is 0 Å². The van der Waals surface area contributed by atoms with E-state index in [4.69, 9.17) is 23.2 Å². The van der Waals surface area contributed by atoms with Gasteiger partial charge in [0.15, 0.2) is 0 Å². The Bertz CT molecular complexity index is 1130. The lowest BCUT2D eigenvalue weighted by atomic mass is 10.1. The van der Waals surface area contributed by atoms with Gasteiger partial charge in [-0.3, -0.25) is 14.5 Å². The van der Waals surface area contributed by atoms with E-state index < -0.39 is 0 Å². The van der Waals surface area contributed by atoms with Gasteiger partial charge in [-0.1, -0.05) is 89.6 Å². The molecule has 0 N–H and O–H groups in total. The van der Waals surface area contributed by atoms with Crippen LogP contribution < -0.4 is 0 Å². The van der Waals surface area contributed by atoms with Crippen molar-refractivity contribution in [2.75, 3.05) is 6.54 Å². The smallest absolute Gasteiger partial charge is 0.268 e. The fourth-order valence-electron chi connectivity index (χ4n) is 3.27. The van der Waals surface area contributed by atoms with Crippen LogP contribution in [0.5, 0.6) is 0 Å². The molecule has 0 atom stereocenters. The van der Waals surface area contributed by atoms with Crippen molar-refractivity contribution in [3.8, 4) is 0 Å².